The molecular weight excluding hydrogens is 252 g/mol. The van der Waals surface area contributed by atoms with Gasteiger partial charge in [-0.3, -0.25) is 0 Å². The third-order valence-electron chi connectivity index (χ3n) is 2.58. The Hall–Kier alpha value is -1.45. The Morgan fingerprint density at radius 3 is 2.94 bits per heavy atom. The summed E-state index contributed by atoms with van der Waals surface area (Å²) in [6.07, 6.45) is 1.76. The summed E-state index contributed by atoms with van der Waals surface area (Å²) < 4.78 is 1.27. The van der Waals surface area contributed by atoms with Gasteiger partial charge in [-0.05, 0) is 12.1 Å². The number of hydrogen-bond donors (Lipinski definition) is 0. The first-order chi connectivity index (χ1) is 8.38. The molecule has 0 atom stereocenters. The Labute approximate surface area is 108 Å². The molecule has 0 bridgehead atoms. The summed E-state index contributed by atoms with van der Waals surface area (Å²) in [6, 6.07) is 10.2. The molecule has 2 aromatic heterocycles. The van der Waals surface area contributed by atoms with E-state index in [1.807, 2.05) is 18.2 Å². The minimum atomic E-state index is 0.343. The molecule has 0 unspecified atom stereocenters. The van der Waals surface area contributed by atoms with Gasteiger partial charge in [0.25, 0.3) is 0 Å². The quantitative estimate of drug-likeness (QED) is 0.649. The Bertz CT molecular complexity index is 663. The lowest BCUT2D eigenvalue weighted by Crippen LogP contribution is -1.92. The molecule has 4 heteroatoms. The molecule has 2 heterocycles. The van der Waals surface area contributed by atoms with Crippen LogP contribution in [0.3, 0.4) is 0 Å². The normalized spacial score (nSPS) is 10.9. The molecule has 0 fully saturated rings. The molecule has 0 aliphatic rings. The maximum absolute atomic E-state index is 5.76. The van der Waals surface area contributed by atoms with Gasteiger partial charge >= 0.3 is 0 Å². The SMILES string of the molecule is ClCc1nccc(-c2csc3ccccc23)n1. The number of hydrogen-bond acceptors (Lipinski definition) is 3. The predicted octanol–water partition coefficient (Wildman–Crippen LogP) is 4.10. The highest BCUT2D eigenvalue weighted by Gasteiger charge is 2.07. The number of halogens is 1. The summed E-state index contributed by atoms with van der Waals surface area (Å²) in [4.78, 5) is 8.56. The number of aromatic nitrogens is 2. The lowest BCUT2D eigenvalue weighted by atomic mass is 10.1. The minimum Gasteiger partial charge on any atom is -0.240 e. The van der Waals surface area contributed by atoms with E-state index in [9.17, 15) is 0 Å². The molecule has 3 aromatic rings. The summed E-state index contributed by atoms with van der Waals surface area (Å²) in [7, 11) is 0. The Morgan fingerprint density at radius 2 is 2.06 bits per heavy atom. The van der Waals surface area contributed by atoms with Crippen LogP contribution in [0.4, 0.5) is 0 Å². The van der Waals surface area contributed by atoms with E-state index in [-0.39, 0.29) is 0 Å². The third kappa shape index (κ3) is 1.92. The van der Waals surface area contributed by atoms with E-state index in [0.717, 1.165) is 11.3 Å². The average molecular weight is 261 g/mol. The molecule has 0 saturated carbocycles. The Balaban J connectivity index is 2.20. The molecule has 0 amide bonds. The van der Waals surface area contributed by atoms with Gasteiger partial charge in [-0.2, -0.15) is 0 Å². The van der Waals surface area contributed by atoms with E-state index in [0.29, 0.717) is 11.7 Å². The molecule has 0 radical (unpaired) electrons. The van der Waals surface area contributed by atoms with E-state index in [1.165, 1.54) is 10.1 Å². The predicted molar refractivity (Wildman–Crippen MR) is 72.4 cm³/mol. The topological polar surface area (TPSA) is 25.8 Å². The largest absolute Gasteiger partial charge is 0.240 e. The first-order valence-electron chi connectivity index (χ1n) is 5.23. The zero-order chi connectivity index (χ0) is 11.7. The van der Waals surface area contributed by atoms with E-state index in [4.69, 9.17) is 11.6 Å². The van der Waals surface area contributed by atoms with Gasteiger partial charge in [0.05, 0.1) is 11.6 Å². The van der Waals surface area contributed by atoms with Crippen molar-refractivity contribution in [3.05, 3.63) is 47.7 Å². The van der Waals surface area contributed by atoms with Crippen molar-refractivity contribution >= 4 is 33.0 Å². The van der Waals surface area contributed by atoms with Crippen LogP contribution in [-0.4, -0.2) is 9.97 Å². The van der Waals surface area contributed by atoms with Crippen molar-refractivity contribution in [2.45, 2.75) is 5.88 Å². The van der Waals surface area contributed by atoms with Crippen molar-refractivity contribution in [2.75, 3.05) is 0 Å². The molecule has 0 N–H and O–H groups in total. The van der Waals surface area contributed by atoms with E-state index < -0.39 is 0 Å². The number of nitrogens with zero attached hydrogens (tertiary/aromatic N) is 2. The van der Waals surface area contributed by atoms with Gasteiger partial charge in [-0.25, -0.2) is 9.97 Å². The monoisotopic (exact) mass is 260 g/mol. The maximum atomic E-state index is 5.76. The zero-order valence-electron chi connectivity index (χ0n) is 8.93. The molecule has 84 valence electrons. The number of alkyl halides is 1. The molecule has 2 nitrogen and oxygen atoms in total. The molecule has 0 spiro atoms. The highest BCUT2D eigenvalue weighted by atomic mass is 35.5. The summed E-state index contributed by atoms with van der Waals surface area (Å²) in [5.41, 5.74) is 2.09. The van der Waals surface area contributed by atoms with Crippen LogP contribution >= 0.6 is 22.9 Å². The average Bonchev–Trinajstić information content (AvgIpc) is 2.82. The fourth-order valence-electron chi connectivity index (χ4n) is 1.79. The van der Waals surface area contributed by atoms with Crippen molar-refractivity contribution in [3.8, 4) is 11.3 Å². The van der Waals surface area contributed by atoms with Gasteiger partial charge in [-0.15, -0.1) is 22.9 Å². The van der Waals surface area contributed by atoms with E-state index in [2.05, 4.69) is 27.5 Å². The summed E-state index contributed by atoms with van der Waals surface area (Å²) in [5.74, 6) is 1.01. The van der Waals surface area contributed by atoms with Crippen molar-refractivity contribution in [3.63, 3.8) is 0 Å². The standard InChI is InChI=1S/C13H9ClN2S/c14-7-13-15-6-5-11(16-13)10-8-17-12-4-2-1-3-9(10)12/h1-6,8H,7H2. The van der Waals surface area contributed by atoms with Crippen LogP contribution in [0.2, 0.25) is 0 Å². The lowest BCUT2D eigenvalue weighted by Gasteiger charge is -2.00. The first kappa shape index (κ1) is 10.7. The van der Waals surface area contributed by atoms with Crippen LogP contribution in [0.1, 0.15) is 5.82 Å². The molecule has 17 heavy (non-hydrogen) atoms. The van der Waals surface area contributed by atoms with Crippen LogP contribution in [-0.2, 0) is 5.88 Å². The molecule has 0 aliphatic carbocycles. The zero-order valence-corrected chi connectivity index (χ0v) is 10.5. The Morgan fingerprint density at radius 1 is 1.18 bits per heavy atom. The Kier molecular flexibility index (Phi) is 2.79. The van der Waals surface area contributed by atoms with Crippen LogP contribution in [0.25, 0.3) is 21.3 Å². The maximum Gasteiger partial charge on any atom is 0.143 e. The number of benzene rings is 1. The molecular formula is C13H9ClN2S. The van der Waals surface area contributed by atoms with Gasteiger partial charge in [0.1, 0.15) is 5.82 Å². The van der Waals surface area contributed by atoms with Gasteiger partial charge in [0.15, 0.2) is 0 Å². The third-order valence-corrected chi connectivity index (χ3v) is 3.78. The van der Waals surface area contributed by atoms with Crippen LogP contribution in [0.5, 0.6) is 0 Å². The highest BCUT2D eigenvalue weighted by Crippen LogP contribution is 2.32. The molecule has 3 rings (SSSR count). The second-order valence-electron chi connectivity index (χ2n) is 3.64. The second kappa shape index (κ2) is 4.43. The van der Waals surface area contributed by atoms with E-state index in [1.54, 1.807) is 17.5 Å². The van der Waals surface area contributed by atoms with Crippen molar-refractivity contribution < 1.29 is 0 Å². The number of thiophene rings is 1. The van der Waals surface area contributed by atoms with Crippen LogP contribution in [0, 0.1) is 0 Å². The second-order valence-corrected chi connectivity index (χ2v) is 4.82. The number of rotatable bonds is 2. The van der Waals surface area contributed by atoms with Gasteiger partial charge in [-0.1, -0.05) is 18.2 Å². The summed E-state index contributed by atoms with van der Waals surface area (Å²) >= 11 is 7.48. The fraction of sp³-hybridized carbons (Fsp3) is 0.0769. The van der Waals surface area contributed by atoms with Gasteiger partial charge < -0.3 is 0 Å². The molecule has 0 aliphatic heterocycles. The minimum absolute atomic E-state index is 0.343. The highest BCUT2D eigenvalue weighted by molar-refractivity contribution is 7.17. The summed E-state index contributed by atoms with van der Waals surface area (Å²) in [5, 5.41) is 3.36. The lowest BCUT2D eigenvalue weighted by molar-refractivity contribution is 1.04. The number of fused-ring (bicyclic) bond motifs is 1. The van der Waals surface area contributed by atoms with Gasteiger partial charge in [0.2, 0.25) is 0 Å². The summed E-state index contributed by atoms with van der Waals surface area (Å²) in [6.45, 7) is 0. The van der Waals surface area contributed by atoms with Crippen molar-refractivity contribution in [2.24, 2.45) is 0 Å². The molecule has 1 aromatic carbocycles. The fourth-order valence-corrected chi connectivity index (χ4v) is 2.87. The molecule has 0 saturated heterocycles. The van der Waals surface area contributed by atoms with Crippen LogP contribution in [0.15, 0.2) is 41.9 Å². The smallest absolute Gasteiger partial charge is 0.143 e. The van der Waals surface area contributed by atoms with Crippen molar-refractivity contribution in [1.82, 2.24) is 9.97 Å². The van der Waals surface area contributed by atoms with Crippen molar-refractivity contribution in [1.29, 1.82) is 0 Å². The van der Waals surface area contributed by atoms with E-state index >= 15 is 0 Å². The van der Waals surface area contributed by atoms with Gasteiger partial charge in [0, 0.05) is 27.2 Å². The van der Waals surface area contributed by atoms with Crippen LogP contribution < -0.4 is 0 Å². The first-order valence-corrected chi connectivity index (χ1v) is 6.64.